The largest absolute Gasteiger partial charge is 0.327 e. The van der Waals surface area contributed by atoms with Gasteiger partial charge in [0.2, 0.25) is 0 Å². The third-order valence-electron chi connectivity index (χ3n) is 0.503. The summed E-state index contributed by atoms with van der Waals surface area (Å²) in [5.74, 6) is 0. The second kappa shape index (κ2) is 1.62. The fourth-order valence-corrected chi connectivity index (χ4v) is 0.492. The van der Waals surface area contributed by atoms with Gasteiger partial charge in [0, 0.05) is 10.7 Å². The van der Waals surface area contributed by atoms with Crippen LogP contribution in [0.1, 0.15) is 0 Å². The van der Waals surface area contributed by atoms with E-state index in [0.717, 1.165) is 4.48 Å². The van der Waals surface area contributed by atoms with Crippen LogP contribution in [0.25, 0.3) is 0 Å². The average Bonchev–Trinajstić information content (AvgIpc) is 1.86. The normalized spacial score (nSPS) is 19.8. The van der Waals surface area contributed by atoms with Gasteiger partial charge < -0.3 is 5.43 Å². The molecule has 1 heterocycles. The third-order valence-corrected chi connectivity index (χ3v) is 0.961. The molecule has 3 heteroatoms. The molecule has 1 aliphatic rings. The summed E-state index contributed by atoms with van der Waals surface area (Å²) in [4.78, 5) is 0. The summed E-state index contributed by atoms with van der Waals surface area (Å²) in [7, 11) is 0. The summed E-state index contributed by atoms with van der Waals surface area (Å²) >= 11 is 3.22. The summed E-state index contributed by atoms with van der Waals surface area (Å²) in [5.41, 5.74) is 5.52. The van der Waals surface area contributed by atoms with E-state index >= 15 is 0 Å². The van der Waals surface area contributed by atoms with Gasteiger partial charge in [-0.1, -0.05) is 15.9 Å². The number of hydrogen-bond donors (Lipinski definition) is 2. The number of halogens is 1. The van der Waals surface area contributed by atoms with Gasteiger partial charge in [0.1, 0.15) is 0 Å². The molecule has 0 fully saturated rings. The predicted molar refractivity (Wildman–Crippen MR) is 27.6 cm³/mol. The van der Waals surface area contributed by atoms with Crippen LogP contribution in [0, 0.1) is 6.54 Å². The van der Waals surface area contributed by atoms with Crippen LogP contribution < -0.4 is 10.9 Å². The molecule has 0 atom stereocenters. The van der Waals surface area contributed by atoms with Gasteiger partial charge in [-0.15, -0.1) is 0 Å². The summed E-state index contributed by atoms with van der Waals surface area (Å²) in [6, 6.07) is 0. The lowest BCUT2D eigenvalue weighted by Gasteiger charge is -1.83. The monoisotopic (exact) mass is 147 g/mol. The van der Waals surface area contributed by atoms with E-state index in [-0.39, 0.29) is 0 Å². The maximum absolute atomic E-state index is 3.22. The maximum Gasteiger partial charge on any atom is 0.0807 e. The van der Waals surface area contributed by atoms with Gasteiger partial charge in [-0.05, 0) is 0 Å². The highest BCUT2D eigenvalue weighted by atomic mass is 79.9. The van der Waals surface area contributed by atoms with Crippen LogP contribution in [-0.4, -0.2) is 0 Å². The van der Waals surface area contributed by atoms with E-state index in [0.29, 0.717) is 0 Å². The van der Waals surface area contributed by atoms with Crippen LogP contribution in [0.2, 0.25) is 0 Å². The first-order valence-corrected chi connectivity index (χ1v) is 2.39. The Kier molecular flexibility index (Phi) is 1.12. The lowest BCUT2D eigenvalue weighted by molar-refractivity contribution is 0.781. The molecule has 0 bridgehead atoms. The fourth-order valence-electron chi connectivity index (χ4n) is 0.263. The van der Waals surface area contributed by atoms with Gasteiger partial charge in [-0.3, -0.25) is 0 Å². The molecule has 1 aliphatic heterocycles. The zero-order valence-corrected chi connectivity index (χ0v) is 4.62. The molecule has 0 aliphatic carbocycles. The highest BCUT2D eigenvalue weighted by molar-refractivity contribution is 9.11. The second-order valence-electron chi connectivity index (χ2n) is 0.962. The van der Waals surface area contributed by atoms with Crippen LogP contribution in [0.3, 0.4) is 0 Å². The van der Waals surface area contributed by atoms with Crippen LogP contribution in [0.5, 0.6) is 0 Å². The maximum atomic E-state index is 3.22. The highest BCUT2D eigenvalue weighted by Gasteiger charge is 1.94. The molecule has 1 radical (unpaired) electrons. The number of hydrogen-bond acceptors (Lipinski definition) is 2. The van der Waals surface area contributed by atoms with Crippen molar-refractivity contribution in [2.24, 2.45) is 0 Å². The molecule has 0 saturated heterocycles. The van der Waals surface area contributed by atoms with Gasteiger partial charge in [0.25, 0.3) is 0 Å². The van der Waals surface area contributed by atoms with E-state index in [4.69, 9.17) is 0 Å². The number of rotatable bonds is 0. The average molecular weight is 148 g/mol. The van der Waals surface area contributed by atoms with Gasteiger partial charge in [0.15, 0.2) is 0 Å². The quantitative estimate of drug-likeness (QED) is 0.522. The minimum atomic E-state index is 1.04. The molecular formula is C3H4BrN2. The van der Waals surface area contributed by atoms with Crippen molar-refractivity contribution in [2.75, 3.05) is 0 Å². The Morgan fingerprint density at radius 2 is 2.33 bits per heavy atom. The van der Waals surface area contributed by atoms with Crippen molar-refractivity contribution in [2.45, 2.75) is 0 Å². The fraction of sp³-hybridized carbons (Fsp3) is 0. The van der Waals surface area contributed by atoms with E-state index in [2.05, 4.69) is 26.8 Å². The first-order chi connectivity index (χ1) is 2.89. The van der Waals surface area contributed by atoms with Crippen molar-refractivity contribution in [3.8, 4) is 0 Å². The first kappa shape index (κ1) is 4.15. The molecule has 1 rings (SSSR count). The summed E-state index contributed by atoms with van der Waals surface area (Å²) in [5, 5.41) is 0. The van der Waals surface area contributed by atoms with Gasteiger partial charge >= 0.3 is 0 Å². The van der Waals surface area contributed by atoms with Gasteiger partial charge in [0.05, 0.1) is 6.54 Å². The molecule has 0 saturated carbocycles. The Bertz CT molecular complexity index is 78.9. The van der Waals surface area contributed by atoms with E-state index in [9.17, 15) is 0 Å². The highest BCUT2D eigenvalue weighted by Crippen LogP contribution is 2.06. The van der Waals surface area contributed by atoms with Crippen molar-refractivity contribution in [3.05, 3.63) is 17.2 Å². The molecule has 33 valence electrons. The summed E-state index contributed by atoms with van der Waals surface area (Å²) < 4.78 is 1.04. The molecule has 6 heavy (non-hydrogen) atoms. The van der Waals surface area contributed by atoms with Crippen LogP contribution >= 0.6 is 15.9 Å². The molecular weight excluding hydrogens is 144 g/mol. The van der Waals surface area contributed by atoms with Crippen molar-refractivity contribution < 1.29 is 0 Å². The minimum Gasteiger partial charge on any atom is -0.327 e. The molecule has 2 N–H and O–H groups in total. The Labute approximate surface area is 44.7 Å². The number of nitrogens with one attached hydrogen (secondary N) is 2. The Morgan fingerprint density at radius 1 is 1.50 bits per heavy atom. The van der Waals surface area contributed by atoms with Crippen LogP contribution in [0.15, 0.2) is 10.7 Å². The Morgan fingerprint density at radius 3 is 2.50 bits per heavy atom. The topological polar surface area (TPSA) is 24.1 Å². The minimum absolute atomic E-state index is 1.04. The molecule has 2 nitrogen and oxygen atoms in total. The molecule has 0 aromatic heterocycles. The van der Waals surface area contributed by atoms with E-state index in [1.165, 1.54) is 0 Å². The Balaban J connectivity index is 2.45. The third kappa shape index (κ3) is 0.725. The molecule has 0 spiro atoms. The molecule has 0 amide bonds. The summed E-state index contributed by atoms with van der Waals surface area (Å²) in [6.07, 6.45) is 1.82. The van der Waals surface area contributed by atoms with Crippen molar-refractivity contribution in [1.82, 2.24) is 10.9 Å². The van der Waals surface area contributed by atoms with Crippen molar-refractivity contribution >= 4 is 15.9 Å². The zero-order valence-electron chi connectivity index (χ0n) is 3.03. The smallest absolute Gasteiger partial charge is 0.0807 e. The first-order valence-electron chi connectivity index (χ1n) is 1.59. The lowest BCUT2D eigenvalue weighted by atomic mass is 10.7. The standard InChI is InChI=1S/C3H4BrN2/c4-3-1-5-6-2-3/h1-2,5-6H. The van der Waals surface area contributed by atoms with E-state index < -0.39 is 0 Å². The van der Waals surface area contributed by atoms with Crippen LogP contribution in [-0.2, 0) is 0 Å². The predicted octanol–water partition coefficient (Wildman–Crippen LogP) is 0.492. The van der Waals surface area contributed by atoms with Gasteiger partial charge in [-0.25, -0.2) is 5.43 Å². The summed E-state index contributed by atoms with van der Waals surface area (Å²) in [6.45, 7) is 1.82. The SMILES string of the molecule is BrC1=CNN[CH]1. The Hall–Kier alpha value is -0.0200. The van der Waals surface area contributed by atoms with E-state index in [1.54, 1.807) is 0 Å². The van der Waals surface area contributed by atoms with E-state index in [1.807, 2.05) is 12.7 Å². The second-order valence-corrected chi connectivity index (χ2v) is 1.88. The van der Waals surface area contributed by atoms with Crippen molar-refractivity contribution in [3.63, 3.8) is 0 Å². The zero-order chi connectivity index (χ0) is 4.41. The number of hydrazine groups is 1. The lowest BCUT2D eigenvalue weighted by Crippen LogP contribution is -2.16. The van der Waals surface area contributed by atoms with Crippen LogP contribution in [0.4, 0.5) is 0 Å². The molecule has 0 aromatic carbocycles. The van der Waals surface area contributed by atoms with Gasteiger partial charge in [-0.2, -0.15) is 0 Å². The molecule has 0 unspecified atom stereocenters. The van der Waals surface area contributed by atoms with Crippen molar-refractivity contribution in [1.29, 1.82) is 0 Å². The molecule has 0 aromatic rings.